The van der Waals surface area contributed by atoms with E-state index in [1.807, 2.05) is 0 Å². The number of carboxylic acid groups (broad SMARTS) is 1. The molecular weight excluding hydrogens is 367 g/mol. The van der Waals surface area contributed by atoms with Gasteiger partial charge in [0.15, 0.2) is 11.5 Å². The van der Waals surface area contributed by atoms with Crippen LogP contribution < -0.4 is 14.6 Å². The van der Waals surface area contributed by atoms with Crippen molar-refractivity contribution in [1.82, 2.24) is 0 Å². The number of ether oxygens (including phenoxy) is 2. The fourth-order valence-corrected chi connectivity index (χ4v) is 2.30. The van der Waals surface area contributed by atoms with Crippen molar-refractivity contribution < 1.29 is 23.8 Å². The Morgan fingerprint density at radius 3 is 2.57 bits per heavy atom. The summed E-state index contributed by atoms with van der Waals surface area (Å²) < 4.78 is 24.5. The zero-order chi connectivity index (χ0) is 16.8. The van der Waals surface area contributed by atoms with E-state index in [2.05, 4.69) is 15.9 Å². The zero-order valence-electron chi connectivity index (χ0n) is 12.2. The summed E-state index contributed by atoms with van der Waals surface area (Å²) in [6, 6.07) is 9.31. The Balaban J connectivity index is 2.19. The van der Waals surface area contributed by atoms with Crippen LogP contribution in [-0.2, 0) is 11.4 Å². The molecule has 0 bridgehead atoms. The van der Waals surface area contributed by atoms with Gasteiger partial charge in [0.25, 0.3) is 0 Å². The fourth-order valence-electron chi connectivity index (χ4n) is 1.85. The van der Waals surface area contributed by atoms with Crippen molar-refractivity contribution in [2.45, 2.75) is 6.61 Å². The molecule has 0 fully saturated rings. The number of rotatable bonds is 6. The molecule has 6 heteroatoms. The van der Waals surface area contributed by atoms with Crippen molar-refractivity contribution in [3.8, 4) is 11.5 Å². The number of halogens is 2. The van der Waals surface area contributed by atoms with E-state index >= 15 is 0 Å². The molecule has 23 heavy (non-hydrogen) atoms. The second-order valence-corrected chi connectivity index (χ2v) is 5.45. The summed E-state index contributed by atoms with van der Waals surface area (Å²) in [6.07, 6.45) is 2.32. The minimum absolute atomic E-state index is 0.247. The van der Waals surface area contributed by atoms with E-state index in [-0.39, 0.29) is 12.4 Å². The lowest BCUT2D eigenvalue weighted by Gasteiger charge is -2.13. The van der Waals surface area contributed by atoms with Crippen LogP contribution in [0.3, 0.4) is 0 Å². The minimum Gasteiger partial charge on any atom is -0.545 e. The summed E-state index contributed by atoms with van der Waals surface area (Å²) in [5.74, 6) is -0.659. The van der Waals surface area contributed by atoms with Gasteiger partial charge in [-0.25, -0.2) is 4.39 Å². The van der Waals surface area contributed by atoms with Gasteiger partial charge in [-0.2, -0.15) is 0 Å². The standard InChI is InChI=1S/C17H14BrFO4/c1-22-15-8-12(4-7-17(20)21)14(18)9-16(15)23-10-11-2-5-13(19)6-3-11/h2-9H,10H2,1H3,(H,20,21)/p-1/b7-4+. The van der Waals surface area contributed by atoms with E-state index in [0.717, 1.165) is 11.6 Å². The van der Waals surface area contributed by atoms with Crippen molar-refractivity contribution in [1.29, 1.82) is 0 Å². The molecule has 0 N–H and O–H groups in total. The third-order valence-electron chi connectivity index (χ3n) is 2.99. The number of carbonyl (C=O) groups excluding carboxylic acids is 1. The van der Waals surface area contributed by atoms with Crippen LogP contribution in [0.4, 0.5) is 4.39 Å². The van der Waals surface area contributed by atoms with Gasteiger partial charge in [0.1, 0.15) is 12.4 Å². The number of hydrogen-bond acceptors (Lipinski definition) is 4. The first-order valence-corrected chi connectivity index (χ1v) is 7.42. The third kappa shape index (κ3) is 4.82. The number of benzene rings is 2. The van der Waals surface area contributed by atoms with Crippen LogP contribution in [0.1, 0.15) is 11.1 Å². The summed E-state index contributed by atoms with van der Waals surface area (Å²) in [6.45, 7) is 0.247. The predicted octanol–water partition coefficient (Wildman–Crippen LogP) is 2.94. The number of carbonyl (C=O) groups is 1. The van der Waals surface area contributed by atoms with Crippen molar-refractivity contribution in [2.24, 2.45) is 0 Å². The molecule has 2 aromatic rings. The van der Waals surface area contributed by atoms with Crippen LogP contribution in [0.5, 0.6) is 11.5 Å². The summed E-state index contributed by atoms with van der Waals surface area (Å²) in [5, 5.41) is 10.5. The first-order valence-electron chi connectivity index (χ1n) is 6.63. The van der Waals surface area contributed by atoms with Gasteiger partial charge < -0.3 is 19.4 Å². The summed E-state index contributed by atoms with van der Waals surface area (Å²) in [7, 11) is 1.49. The molecule has 0 saturated carbocycles. The minimum atomic E-state index is -1.28. The lowest BCUT2D eigenvalue weighted by atomic mass is 10.2. The lowest BCUT2D eigenvalue weighted by molar-refractivity contribution is -0.297. The van der Waals surface area contributed by atoms with Crippen molar-refractivity contribution in [3.05, 3.63) is 63.9 Å². The van der Waals surface area contributed by atoms with Gasteiger partial charge in [-0.3, -0.25) is 0 Å². The second kappa shape index (κ2) is 7.78. The summed E-state index contributed by atoms with van der Waals surface area (Å²) >= 11 is 3.35. The molecule has 4 nitrogen and oxygen atoms in total. The second-order valence-electron chi connectivity index (χ2n) is 4.59. The Hall–Kier alpha value is -2.34. The Bertz CT molecular complexity index is 726. The quantitative estimate of drug-likeness (QED) is 0.724. The summed E-state index contributed by atoms with van der Waals surface area (Å²) in [4.78, 5) is 10.5. The molecule has 0 atom stereocenters. The third-order valence-corrected chi connectivity index (χ3v) is 3.68. The topological polar surface area (TPSA) is 58.6 Å². The van der Waals surface area contributed by atoms with Crippen molar-refractivity contribution in [2.75, 3.05) is 7.11 Å². The van der Waals surface area contributed by atoms with Gasteiger partial charge in [-0.1, -0.05) is 34.1 Å². The Labute approximate surface area is 141 Å². The highest BCUT2D eigenvalue weighted by molar-refractivity contribution is 9.10. The maximum Gasteiger partial charge on any atom is 0.162 e. The molecule has 0 radical (unpaired) electrons. The van der Waals surface area contributed by atoms with Gasteiger partial charge in [-0.05, 0) is 41.5 Å². The van der Waals surface area contributed by atoms with Crippen molar-refractivity contribution in [3.63, 3.8) is 0 Å². The van der Waals surface area contributed by atoms with Gasteiger partial charge in [-0.15, -0.1) is 0 Å². The molecule has 0 aromatic heterocycles. The molecule has 0 aliphatic heterocycles. The Morgan fingerprint density at radius 1 is 1.26 bits per heavy atom. The Morgan fingerprint density at radius 2 is 1.96 bits per heavy atom. The molecule has 120 valence electrons. The van der Waals surface area contributed by atoms with Crippen molar-refractivity contribution >= 4 is 28.0 Å². The van der Waals surface area contributed by atoms with E-state index in [0.29, 0.717) is 21.5 Å². The van der Waals surface area contributed by atoms with E-state index < -0.39 is 5.97 Å². The molecule has 0 aliphatic carbocycles. The van der Waals surface area contributed by atoms with Crippen LogP contribution >= 0.6 is 15.9 Å². The van der Waals surface area contributed by atoms with E-state index in [9.17, 15) is 14.3 Å². The molecule has 2 aromatic carbocycles. The Kier molecular flexibility index (Phi) is 5.76. The van der Waals surface area contributed by atoms with Crippen LogP contribution in [0.2, 0.25) is 0 Å². The first-order chi connectivity index (χ1) is 11.0. The average molecular weight is 380 g/mol. The van der Waals surface area contributed by atoms with E-state index in [1.165, 1.54) is 25.3 Å². The first kappa shape index (κ1) is 17.0. The van der Waals surface area contributed by atoms with Gasteiger partial charge in [0, 0.05) is 4.47 Å². The van der Waals surface area contributed by atoms with Gasteiger partial charge >= 0.3 is 0 Å². The van der Waals surface area contributed by atoms with Crippen LogP contribution in [0.15, 0.2) is 46.9 Å². The lowest BCUT2D eigenvalue weighted by Crippen LogP contribution is -2.18. The monoisotopic (exact) mass is 379 g/mol. The van der Waals surface area contributed by atoms with E-state index in [4.69, 9.17) is 9.47 Å². The summed E-state index contributed by atoms with van der Waals surface area (Å²) in [5.41, 5.74) is 1.42. The number of carboxylic acids is 1. The van der Waals surface area contributed by atoms with Crippen LogP contribution in [-0.4, -0.2) is 13.1 Å². The van der Waals surface area contributed by atoms with E-state index in [1.54, 1.807) is 24.3 Å². The number of methoxy groups -OCH3 is 1. The highest BCUT2D eigenvalue weighted by atomic mass is 79.9. The normalized spacial score (nSPS) is 10.7. The molecule has 0 heterocycles. The smallest absolute Gasteiger partial charge is 0.162 e. The average Bonchev–Trinajstić information content (AvgIpc) is 2.53. The van der Waals surface area contributed by atoms with Gasteiger partial charge in [0.05, 0.1) is 13.1 Å². The highest BCUT2D eigenvalue weighted by Gasteiger charge is 2.09. The predicted molar refractivity (Wildman–Crippen MR) is 85.5 cm³/mol. The molecule has 2 rings (SSSR count). The molecule has 0 saturated heterocycles. The number of hydrogen-bond donors (Lipinski definition) is 0. The van der Waals surface area contributed by atoms with Gasteiger partial charge in [0.2, 0.25) is 0 Å². The molecule has 0 amide bonds. The molecule has 0 spiro atoms. The maximum atomic E-state index is 12.9. The highest BCUT2D eigenvalue weighted by Crippen LogP contribution is 2.34. The van der Waals surface area contributed by atoms with Crippen LogP contribution in [0.25, 0.3) is 6.08 Å². The van der Waals surface area contributed by atoms with Crippen LogP contribution in [0, 0.1) is 5.82 Å². The molecule has 0 unspecified atom stereocenters. The maximum absolute atomic E-state index is 12.9. The largest absolute Gasteiger partial charge is 0.545 e. The molecule has 0 aliphatic rings. The SMILES string of the molecule is COc1cc(/C=C/C(=O)[O-])c(Br)cc1OCc1ccc(F)cc1. The number of aliphatic carboxylic acids is 1. The fraction of sp³-hybridized carbons (Fsp3) is 0.118. The molecular formula is C17H13BrFO4-. The zero-order valence-corrected chi connectivity index (χ0v) is 13.8.